The van der Waals surface area contributed by atoms with E-state index in [4.69, 9.17) is 9.84 Å². The lowest BCUT2D eigenvalue weighted by molar-refractivity contribution is -0.156. The van der Waals surface area contributed by atoms with Gasteiger partial charge in [-0.3, -0.25) is 9.59 Å². The van der Waals surface area contributed by atoms with Crippen molar-refractivity contribution in [1.82, 2.24) is 4.90 Å². The fourth-order valence-electron chi connectivity index (χ4n) is 3.18. The summed E-state index contributed by atoms with van der Waals surface area (Å²) in [6.07, 6.45) is 1.91. The van der Waals surface area contributed by atoms with Gasteiger partial charge in [-0.15, -0.1) is 0 Å². The van der Waals surface area contributed by atoms with E-state index in [1.807, 2.05) is 12.1 Å². The number of benzene rings is 1. The highest BCUT2D eigenvalue weighted by molar-refractivity contribution is 5.81. The summed E-state index contributed by atoms with van der Waals surface area (Å²) in [6, 6.07) is 7.23. The lowest BCUT2D eigenvalue weighted by Crippen LogP contribution is -2.50. The van der Waals surface area contributed by atoms with Crippen LogP contribution >= 0.6 is 0 Å². The third-order valence-corrected chi connectivity index (χ3v) is 4.73. The molecule has 0 saturated carbocycles. The van der Waals surface area contributed by atoms with E-state index in [1.165, 1.54) is 0 Å². The summed E-state index contributed by atoms with van der Waals surface area (Å²) in [5.74, 6) is -0.918. The molecule has 2 rings (SSSR count). The molecule has 1 aliphatic heterocycles. The van der Waals surface area contributed by atoms with Crippen LogP contribution in [-0.2, 0) is 27.4 Å². The zero-order chi connectivity index (χ0) is 17.6. The first-order valence-corrected chi connectivity index (χ1v) is 8.19. The number of rotatable bonds is 7. The van der Waals surface area contributed by atoms with Crippen LogP contribution < -0.4 is 0 Å². The molecule has 1 saturated heterocycles. The van der Waals surface area contributed by atoms with Gasteiger partial charge >= 0.3 is 5.97 Å². The molecule has 1 aromatic rings. The summed E-state index contributed by atoms with van der Waals surface area (Å²) in [5, 5.41) is 18.7. The monoisotopic (exact) mass is 335 g/mol. The fraction of sp³-hybridized carbons (Fsp3) is 0.556. The average molecular weight is 335 g/mol. The molecule has 2 N–H and O–H groups in total. The Morgan fingerprint density at radius 3 is 2.50 bits per heavy atom. The van der Waals surface area contributed by atoms with Crippen molar-refractivity contribution in [3.63, 3.8) is 0 Å². The number of hydrogen-bond donors (Lipinski definition) is 2. The number of amides is 1. The van der Waals surface area contributed by atoms with E-state index in [-0.39, 0.29) is 25.5 Å². The number of hydrogen-bond acceptors (Lipinski definition) is 4. The van der Waals surface area contributed by atoms with Crippen LogP contribution in [0.4, 0.5) is 0 Å². The van der Waals surface area contributed by atoms with Crippen molar-refractivity contribution in [1.29, 1.82) is 0 Å². The van der Waals surface area contributed by atoms with Gasteiger partial charge < -0.3 is 19.8 Å². The number of aliphatic hydroxyl groups excluding tert-OH is 1. The number of carbonyl (C=O) groups is 2. The van der Waals surface area contributed by atoms with Crippen molar-refractivity contribution >= 4 is 11.9 Å². The van der Waals surface area contributed by atoms with Gasteiger partial charge in [0.2, 0.25) is 5.91 Å². The molecule has 0 aromatic heterocycles. The number of nitrogens with zero attached hydrogens (tertiary/aromatic N) is 1. The molecule has 0 spiro atoms. The highest BCUT2D eigenvalue weighted by Crippen LogP contribution is 2.34. The van der Waals surface area contributed by atoms with Gasteiger partial charge in [0.25, 0.3) is 0 Å². The van der Waals surface area contributed by atoms with Crippen molar-refractivity contribution in [2.75, 3.05) is 26.8 Å². The summed E-state index contributed by atoms with van der Waals surface area (Å²) < 4.78 is 5.05. The second kappa shape index (κ2) is 8.26. The van der Waals surface area contributed by atoms with E-state index < -0.39 is 11.4 Å². The van der Waals surface area contributed by atoms with Crippen molar-refractivity contribution in [2.45, 2.75) is 32.3 Å². The van der Waals surface area contributed by atoms with Gasteiger partial charge in [0, 0.05) is 26.8 Å². The number of carbonyl (C=O) groups excluding carboxylic acids is 1. The Hall–Kier alpha value is -1.92. The molecule has 6 nitrogen and oxygen atoms in total. The van der Waals surface area contributed by atoms with Crippen molar-refractivity contribution in [3.05, 3.63) is 35.4 Å². The van der Waals surface area contributed by atoms with E-state index in [2.05, 4.69) is 0 Å². The lowest BCUT2D eigenvalue weighted by atomic mass is 9.77. The summed E-state index contributed by atoms with van der Waals surface area (Å²) in [7, 11) is 1.55. The molecule has 0 radical (unpaired) electrons. The first-order valence-electron chi connectivity index (χ1n) is 8.19. The minimum Gasteiger partial charge on any atom is -0.481 e. The standard InChI is InChI=1S/C18H25NO5/c1-24-10-8-18(17(22)23)7-2-9-19(13-18)16(21)11-14-3-5-15(12-20)6-4-14/h3-6,20H,2,7-13H2,1H3,(H,22,23). The van der Waals surface area contributed by atoms with E-state index in [0.717, 1.165) is 11.1 Å². The van der Waals surface area contributed by atoms with Gasteiger partial charge in [-0.25, -0.2) is 0 Å². The fourth-order valence-corrected chi connectivity index (χ4v) is 3.18. The highest BCUT2D eigenvalue weighted by Gasteiger charge is 2.43. The van der Waals surface area contributed by atoms with Crippen molar-refractivity contribution < 1.29 is 24.5 Å². The van der Waals surface area contributed by atoms with Crippen molar-refractivity contribution in [2.24, 2.45) is 5.41 Å². The molecule has 132 valence electrons. The van der Waals surface area contributed by atoms with E-state index in [1.54, 1.807) is 24.1 Å². The number of aliphatic carboxylic acids is 1. The van der Waals surface area contributed by atoms with Crippen LogP contribution in [0.5, 0.6) is 0 Å². The molecular formula is C18H25NO5. The van der Waals surface area contributed by atoms with E-state index in [0.29, 0.717) is 32.4 Å². The van der Waals surface area contributed by atoms with Crippen LogP contribution in [0.15, 0.2) is 24.3 Å². The van der Waals surface area contributed by atoms with Gasteiger partial charge in [-0.2, -0.15) is 0 Å². The van der Waals surface area contributed by atoms with Crippen LogP contribution in [0.25, 0.3) is 0 Å². The molecule has 1 amide bonds. The third kappa shape index (κ3) is 4.33. The Balaban J connectivity index is 2.03. The summed E-state index contributed by atoms with van der Waals surface area (Å²) in [6.45, 7) is 1.17. The zero-order valence-electron chi connectivity index (χ0n) is 14.0. The van der Waals surface area contributed by atoms with Gasteiger partial charge in [0.15, 0.2) is 0 Å². The number of aliphatic hydroxyl groups is 1. The van der Waals surface area contributed by atoms with Crippen LogP contribution in [0, 0.1) is 5.41 Å². The molecule has 1 fully saturated rings. The zero-order valence-corrected chi connectivity index (χ0v) is 14.0. The predicted molar refractivity (Wildman–Crippen MR) is 88.4 cm³/mol. The number of carboxylic acid groups (broad SMARTS) is 1. The first kappa shape index (κ1) is 18.4. The molecule has 1 heterocycles. The van der Waals surface area contributed by atoms with Gasteiger partial charge in [-0.1, -0.05) is 24.3 Å². The molecule has 0 aliphatic carbocycles. The molecule has 1 unspecified atom stereocenters. The number of ether oxygens (including phenoxy) is 1. The Bertz CT molecular complexity index is 571. The molecule has 6 heteroatoms. The quantitative estimate of drug-likeness (QED) is 0.787. The summed E-state index contributed by atoms with van der Waals surface area (Å²) >= 11 is 0. The second-order valence-electron chi connectivity index (χ2n) is 6.40. The van der Waals surface area contributed by atoms with E-state index in [9.17, 15) is 14.7 Å². The van der Waals surface area contributed by atoms with E-state index >= 15 is 0 Å². The Morgan fingerprint density at radius 2 is 1.92 bits per heavy atom. The molecule has 0 bridgehead atoms. The maximum atomic E-state index is 12.6. The number of carboxylic acids is 1. The summed E-state index contributed by atoms with van der Waals surface area (Å²) in [5.41, 5.74) is 0.749. The Labute approximate surface area is 142 Å². The smallest absolute Gasteiger partial charge is 0.311 e. The molecule has 24 heavy (non-hydrogen) atoms. The first-order chi connectivity index (χ1) is 11.5. The van der Waals surface area contributed by atoms with Gasteiger partial charge in [0.1, 0.15) is 0 Å². The summed E-state index contributed by atoms with van der Waals surface area (Å²) in [4.78, 5) is 26.0. The molecular weight excluding hydrogens is 310 g/mol. The third-order valence-electron chi connectivity index (χ3n) is 4.73. The maximum Gasteiger partial charge on any atom is 0.311 e. The second-order valence-corrected chi connectivity index (χ2v) is 6.40. The number of likely N-dealkylation sites (tertiary alicyclic amines) is 1. The van der Waals surface area contributed by atoms with Gasteiger partial charge in [-0.05, 0) is 30.4 Å². The maximum absolute atomic E-state index is 12.6. The average Bonchev–Trinajstić information content (AvgIpc) is 2.60. The molecule has 1 aromatic carbocycles. The Kier molecular flexibility index (Phi) is 6.34. The van der Waals surface area contributed by atoms with Crippen LogP contribution in [0.1, 0.15) is 30.4 Å². The molecule has 1 atom stereocenters. The van der Waals surface area contributed by atoms with Crippen LogP contribution in [0.2, 0.25) is 0 Å². The normalized spacial score (nSPS) is 20.8. The SMILES string of the molecule is COCCC1(C(=O)O)CCCN(C(=O)Cc2ccc(CO)cc2)C1. The largest absolute Gasteiger partial charge is 0.481 e. The highest BCUT2D eigenvalue weighted by atomic mass is 16.5. The molecule has 1 aliphatic rings. The minimum atomic E-state index is -0.912. The number of methoxy groups -OCH3 is 1. The topological polar surface area (TPSA) is 87.1 Å². The van der Waals surface area contributed by atoms with Crippen LogP contribution in [-0.4, -0.2) is 53.8 Å². The minimum absolute atomic E-state index is 0.0268. The predicted octanol–water partition coefficient (Wildman–Crippen LogP) is 1.45. The van der Waals surface area contributed by atoms with Crippen molar-refractivity contribution in [3.8, 4) is 0 Å². The van der Waals surface area contributed by atoms with Crippen LogP contribution in [0.3, 0.4) is 0 Å². The number of piperidine rings is 1. The van der Waals surface area contributed by atoms with Gasteiger partial charge in [0.05, 0.1) is 18.4 Å². The Morgan fingerprint density at radius 1 is 1.25 bits per heavy atom. The lowest BCUT2D eigenvalue weighted by Gasteiger charge is -2.40.